The summed E-state index contributed by atoms with van der Waals surface area (Å²) in [6.07, 6.45) is -0.338. The van der Waals surface area contributed by atoms with Gasteiger partial charge in [-0.25, -0.2) is 9.59 Å². The number of nitrogens with one attached hydrogen (secondary N) is 1. The lowest BCUT2D eigenvalue weighted by molar-refractivity contribution is -0.160. The normalized spacial score (nSPS) is 15.7. The zero-order valence-electron chi connectivity index (χ0n) is 23.8. The van der Waals surface area contributed by atoms with Crippen molar-refractivity contribution in [1.82, 2.24) is 10.2 Å². The molecule has 3 N–H and O–H groups in total. The van der Waals surface area contributed by atoms with E-state index in [9.17, 15) is 14.4 Å². The molecule has 1 aromatic rings. The van der Waals surface area contributed by atoms with Gasteiger partial charge in [0.25, 0.3) is 5.91 Å². The molecule has 0 aromatic heterocycles. The summed E-state index contributed by atoms with van der Waals surface area (Å²) >= 11 is 0. The van der Waals surface area contributed by atoms with Gasteiger partial charge in [0.1, 0.15) is 11.2 Å². The first-order valence-corrected chi connectivity index (χ1v) is 12.6. The fraction of sp³-hybridized carbons (Fsp3) is 0.667. The number of piperazine rings is 1. The Labute approximate surface area is 220 Å². The number of nitrogens with two attached hydrogens (primary N) is 1. The van der Waals surface area contributed by atoms with Crippen molar-refractivity contribution in [1.29, 1.82) is 0 Å². The van der Waals surface area contributed by atoms with E-state index < -0.39 is 34.7 Å². The number of ether oxygens (including phenoxy) is 3. The number of carbonyl (C=O) groups excluding carboxylic acids is 3. The van der Waals surface area contributed by atoms with Crippen LogP contribution in [0.15, 0.2) is 18.2 Å². The highest BCUT2D eigenvalue weighted by Crippen LogP contribution is 2.24. The Balaban J connectivity index is 2.14. The smallest absolute Gasteiger partial charge is 0.410 e. The van der Waals surface area contributed by atoms with Crippen molar-refractivity contribution in [2.45, 2.75) is 85.2 Å². The second kappa shape index (κ2) is 11.6. The molecule has 1 heterocycles. The lowest BCUT2D eigenvalue weighted by atomic mass is 10.1. The second-order valence-corrected chi connectivity index (χ2v) is 12.2. The van der Waals surface area contributed by atoms with Crippen molar-refractivity contribution < 1.29 is 28.6 Å². The summed E-state index contributed by atoms with van der Waals surface area (Å²) in [4.78, 5) is 42.2. The van der Waals surface area contributed by atoms with Gasteiger partial charge in [0.05, 0.1) is 17.8 Å². The topological polar surface area (TPSA) is 123 Å². The van der Waals surface area contributed by atoms with Gasteiger partial charge in [-0.3, -0.25) is 4.79 Å². The van der Waals surface area contributed by atoms with Crippen molar-refractivity contribution in [3.63, 3.8) is 0 Å². The maximum Gasteiger partial charge on any atom is 0.410 e. The molecular weight excluding hydrogens is 476 g/mol. The van der Waals surface area contributed by atoms with Crippen LogP contribution in [0.2, 0.25) is 0 Å². The third kappa shape index (κ3) is 10.1. The predicted octanol–water partition coefficient (Wildman–Crippen LogP) is 3.58. The van der Waals surface area contributed by atoms with Gasteiger partial charge >= 0.3 is 12.1 Å². The highest BCUT2D eigenvalue weighted by molar-refractivity contribution is 6.02. The number of nitrogen functional groups attached to an aromatic ring is 1. The van der Waals surface area contributed by atoms with Gasteiger partial charge in [-0.15, -0.1) is 0 Å². The predicted molar refractivity (Wildman–Crippen MR) is 144 cm³/mol. The molecule has 0 bridgehead atoms. The first-order valence-electron chi connectivity index (χ1n) is 12.6. The minimum Gasteiger partial charge on any atom is -0.458 e. The summed E-state index contributed by atoms with van der Waals surface area (Å²) in [5.74, 6) is -1.08. The molecular formula is C27H44N4O6. The van der Waals surface area contributed by atoms with E-state index in [1.54, 1.807) is 37.8 Å². The molecule has 1 aliphatic rings. The molecule has 10 heteroatoms. The summed E-state index contributed by atoms with van der Waals surface area (Å²) in [7, 11) is 0. The maximum atomic E-state index is 13.2. The van der Waals surface area contributed by atoms with E-state index in [-0.39, 0.29) is 24.0 Å². The molecule has 1 unspecified atom stereocenters. The van der Waals surface area contributed by atoms with Crippen LogP contribution in [0, 0.1) is 0 Å². The number of hydrogen-bond donors (Lipinski definition) is 2. The molecule has 0 saturated carbocycles. The quantitative estimate of drug-likeness (QED) is 0.431. The van der Waals surface area contributed by atoms with Gasteiger partial charge in [-0.2, -0.15) is 0 Å². The van der Waals surface area contributed by atoms with Crippen LogP contribution in [0.25, 0.3) is 0 Å². The van der Waals surface area contributed by atoms with Crippen LogP contribution in [0.5, 0.6) is 0 Å². The Hall–Kier alpha value is -3.01. The van der Waals surface area contributed by atoms with E-state index in [0.29, 0.717) is 26.2 Å². The Morgan fingerprint density at radius 2 is 1.46 bits per heavy atom. The van der Waals surface area contributed by atoms with Crippen LogP contribution in [0.4, 0.5) is 16.2 Å². The fourth-order valence-corrected chi connectivity index (χ4v) is 3.52. The van der Waals surface area contributed by atoms with E-state index in [2.05, 4.69) is 10.2 Å². The number of amides is 2. The third-order valence-corrected chi connectivity index (χ3v) is 5.26. The highest BCUT2D eigenvalue weighted by atomic mass is 16.6. The number of rotatable bonds is 6. The largest absolute Gasteiger partial charge is 0.458 e. The molecule has 1 atom stereocenters. The van der Waals surface area contributed by atoms with Crippen molar-refractivity contribution in [2.24, 2.45) is 0 Å². The van der Waals surface area contributed by atoms with E-state index in [0.717, 1.165) is 5.69 Å². The van der Waals surface area contributed by atoms with Crippen molar-refractivity contribution in [3.05, 3.63) is 23.8 Å². The molecule has 0 aliphatic carbocycles. The van der Waals surface area contributed by atoms with Crippen LogP contribution < -0.4 is 16.0 Å². The zero-order valence-corrected chi connectivity index (χ0v) is 23.8. The Morgan fingerprint density at radius 3 is 1.97 bits per heavy atom. The fourth-order valence-electron chi connectivity index (χ4n) is 3.52. The highest BCUT2D eigenvalue weighted by Gasteiger charge is 2.30. The van der Waals surface area contributed by atoms with Gasteiger partial charge in [0, 0.05) is 37.6 Å². The number of anilines is 2. The van der Waals surface area contributed by atoms with E-state index in [1.807, 2.05) is 47.6 Å². The molecule has 37 heavy (non-hydrogen) atoms. The summed E-state index contributed by atoms with van der Waals surface area (Å²) in [5.41, 5.74) is 5.69. The monoisotopic (exact) mass is 520 g/mol. The van der Waals surface area contributed by atoms with Crippen LogP contribution in [0.3, 0.4) is 0 Å². The SMILES string of the molecule is CC(C)(C)OCC(NC(=O)c1cc(N2CCN(C(=O)OC(C)(C)C)CC2)ccc1N)C(=O)OC(C)(C)C. The maximum absolute atomic E-state index is 13.2. The summed E-state index contributed by atoms with van der Waals surface area (Å²) in [6.45, 7) is 18.5. The van der Waals surface area contributed by atoms with E-state index >= 15 is 0 Å². The third-order valence-electron chi connectivity index (χ3n) is 5.26. The summed E-state index contributed by atoms with van der Waals surface area (Å²) < 4.78 is 16.7. The number of benzene rings is 1. The molecule has 1 fully saturated rings. The number of esters is 1. The minimum atomic E-state index is -1.01. The summed E-state index contributed by atoms with van der Waals surface area (Å²) in [5, 5.41) is 2.74. The van der Waals surface area contributed by atoms with E-state index in [4.69, 9.17) is 19.9 Å². The number of nitrogens with zero attached hydrogens (tertiary/aromatic N) is 2. The molecule has 10 nitrogen and oxygen atoms in total. The van der Waals surface area contributed by atoms with Crippen LogP contribution in [0.1, 0.15) is 72.7 Å². The molecule has 0 spiro atoms. The molecule has 0 radical (unpaired) electrons. The lowest BCUT2D eigenvalue weighted by Crippen LogP contribution is -2.50. The molecule has 1 aliphatic heterocycles. The Bertz CT molecular complexity index is 967. The molecule has 208 valence electrons. The lowest BCUT2D eigenvalue weighted by Gasteiger charge is -2.37. The van der Waals surface area contributed by atoms with Crippen molar-refractivity contribution in [3.8, 4) is 0 Å². The molecule has 2 amide bonds. The second-order valence-electron chi connectivity index (χ2n) is 12.2. The molecule has 1 aromatic carbocycles. The molecule has 1 saturated heterocycles. The minimum absolute atomic E-state index is 0.0453. The molecule has 2 rings (SSSR count). The average molecular weight is 521 g/mol. The number of carbonyl (C=O) groups is 3. The summed E-state index contributed by atoms with van der Waals surface area (Å²) in [6, 6.07) is 4.19. The van der Waals surface area contributed by atoms with Gasteiger partial charge in [-0.1, -0.05) is 0 Å². The van der Waals surface area contributed by atoms with Gasteiger partial charge < -0.3 is 35.1 Å². The first-order chi connectivity index (χ1) is 16.8. The van der Waals surface area contributed by atoms with Crippen LogP contribution in [-0.2, 0) is 19.0 Å². The van der Waals surface area contributed by atoms with Gasteiger partial charge in [0.15, 0.2) is 6.04 Å². The Kier molecular flexibility index (Phi) is 9.46. The van der Waals surface area contributed by atoms with Gasteiger partial charge in [-0.05, 0) is 80.5 Å². The zero-order chi connectivity index (χ0) is 28.2. The Morgan fingerprint density at radius 1 is 0.892 bits per heavy atom. The van der Waals surface area contributed by atoms with Crippen LogP contribution >= 0.6 is 0 Å². The van der Waals surface area contributed by atoms with Crippen molar-refractivity contribution in [2.75, 3.05) is 43.4 Å². The van der Waals surface area contributed by atoms with Crippen molar-refractivity contribution >= 4 is 29.3 Å². The standard InChI is InChI=1S/C27H44N4O6/c1-25(2,3)35-17-21(23(33)36-26(4,5)6)29-22(32)19-16-18(10-11-20(19)28)30-12-14-31(15-13-30)24(34)37-27(7,8)9/h10-11,16,21H,12-15,17,28H2,1-9H3,(H,29,32). The first kappa shape index (κ1) is 30.2. The van der Waals surface area contributed by atoms with Gasteiger partial charge in [0.2, 0.25) is 0 Å². The van der Waals surface area contributed by atoms with E-state index in [1.165, 1.54) is 0 Å². The average Bonchev–Trinajstić information content (AvgIpc) is 2.73. The number of hydrogen-bond acceptors (Lipinski definition) is 8. The van der Waals surface area contributed by atoms with Crippen LogP contribution in [-0.4, -0.2) is 78.5 Å².